The first-order chi connectivity index (χ1) is 10.0. The minimum absolute atomic E-state index is 0.0953. The number of nitrogens with two attached hydrogens (primary N) is 1. The molecule has 0 amide bonds. The van der Waals surface area contributed by atoms with E-state index < -0.39 is 0 Å². The second kappa shape index (κ2) is 5.53. The Morgan fingerprint density at radius 3 is 2.57 bits per heavy atom. The van der Waals surface area contributed by atoms with E-state index in [0.717, 1.165) is 25.0 Å². The lowest BCUT2D eigenvalue weighted by molar-refractivity contribution is 0.137. The standard InChI is InChI=1S/C19H23NO/c1-19(2)13-16-10-6-9-15(18(16)21-19)12-17(20)11-14-7-4-3-5-8-14/h3-10,17H,11-13,20H2,1-2H3. The Bertz CT molecular complexity index is 619. The van der Waals surface area contributed by atoms with Gasteiger partial charge in [0.1, 0.15) is 11.4 Å². The van der Waals surface area contributed by atoms with E-state index in [0.29, 0.717) is 0 Å². The molecule has 1 atom stereocenters. The Hall–Kier alpha value is -1.80. The highest BCUT2D eigenvalue weighted by Crippen LogP contribution is 2.37. The number of fused-ring (bicyclic) bond motifs is 1. The molecule has 2 aromatic carbocycles. The molecule has 0 radical (unpaired) electrons. The van der Waals surface area contributed by atoms with Gasteiger partial charge in [-0.15, -0.1) is 0 Å². The first-order valence-electron chi connectivity index (χ1n) is 7.63. The molecule has 2 N–H and O–H groups in total. The summed E-state index contributed by atoms with van der Waals surface area (Å²) < 4.78 is 6.12. The minimum Gasteiger partial charge on any atom is -0.487 e. The van der Waals surface area contributed by atoms with Crippen molar-refractivity contribution in [3.05, 3.63) is 65.2 Å². The molecule has 0 saturated carbocycles. The smallest absolute Gasteiger partial charge is 0.126 e. The highest BCUT2D eigenvalue weighted by atomic mass is 16.5. The first kappa shape index (κ1) is 14.2. The lowest BCUT2D eigenvalue weighted by Gasteiger charge is -2.19. The molecule has 1 aliphatic heterocycles. The van der Waals surface area contributed by atoms with Gasteiger partial charge in [-0.2, -0.15) is 0 Å². The van der Waals surface area contributed by atoms with Crippen LogP contribution < -0.4 is 10.5 Å². The monoisotopic (exact) mass is 281 g/mol. The Kier molecular flexibility index (Phi) is 3.73. The molecule has 0 saturated heterocycles. The summed E-state index contributed by atoms with van der Waals surface area (Å²) in [6, 6.07) is 17.0. The molecule has 1 aliphatic rings. The number of hydrogen-bond donors (Lipinski definition) is 1. The quantitative estimate of drug-likeness (QED) is 0.930. The molecule has 0 aliphatic carbocycles. The van der Waals surface area contributed by atoms with Crippen LogP contribution in [0.2, 0.25) is 0 Å². The lowest BCUT2D eigenvalue weighted by atomic mass is 9.96. The third-order valence-corrected chi connectivity index (χ3v) is 4.00. The lowest BCUT2D eigenvalue weighted by Crippen LogP contribution is -2.27. The van der Waals surface area contributed by atoms with E-state index in [1.54, 1.807) is 0 Å². The summed E-state index contributed by atoms with van der Waals surface area (Å²) in [5, 5.41) is 0. The Labute approximate surface area is 126 Å². The second-order valence-electron chi connectivity index (χ2n) is 6.60. The summed E-state index contributed by atoms with van der Waals surface area (Å²) in [4.78, 5) is 0. The van der Waals surface area contributed by atoms with Crippen LogP contribution in [0.4, 0.5) is 0 Å². The molecule has 2 nitrogen and oxygen atoms in total. The summed E-state index contributed by atoms with van der Waals surface area (Å²) in [5.74, 6) is 1.06. The molecule has 110 valence electrons. The van der Waals surface area contributed by atoms with E-state index in [-0.39, 0.29) is 11.6 Å². The van der Waals surface area contributed by atoms with Gasteiger partial charge in [0.25, 0.3) is 0 Å². The van der Waals surface area contributed by atoms with Crippen molar-refractivity contribution < 1.29 is 4.74 Å². The Morgan fingerprint density at radius 1 is 1.05 bits per heavy atom. The molecule has 0 bridgehead atoms. The molecule has 2 aromatic rings. The summed E-state index contributed by atoms with van der Waals surface area (Å²) >= 11 is 0. The highest BCUT2D eigenvalue weighted by molar-refractivity contribution is 5.46. The summed E-state index contributed by atoms with van der Waals surface area (Å²) in [6.07, 6.45) is 2.73. The predicted molar refractivity (Wildman–Crippen MR) is 86.7 cm³/mol. The molecular weight excluding hydrogens is 258 g/mol. The fourth-order valence-electron chi connectivity index (χ4n) is 3.11. The molecule has 21 heavy (non-hydrogen) atoms. The van der Waals surface area contributed by atoms with Crippen LogP contribution in [-0.2, 0) is 19.3 Å². The summed E-state index contributed by atoms with van der Waals surface area (Å²) in [6.45, 7) is 4.28. The zero-order valence-corrected chi connectivity index (χ0v) is 12.8. The van der Waals surface area contributed by atoms with Crippen molar-refractivity contribution >= 4 is 0 Å². The van der Waals surface area contributed by atoms with Crippen LogP contribution in [-0.4, -0.2) is 11.6 Å². The molecule has 1 unspecified atom stereocenters. The number of para-hydroxylation sites is 1. The largest absolute Gasteiger partial charge is 0.487 e. The number of benzene rings is 2. The molecule has 0 fully saturated rings. The van der Waals surface area contributed by atoms with E-state index in [1.807, 2.05) is 6.07 Å². The fourth-order valence-corrected chi connectivity index (χ4v) is 3.11. The van der Waals surface area contributed by atoms with Crippen LogP contribution in [0.15, 0.2) is 48.5 Å². The van der Waals surface area contributed by atoms with E-state index in [1.165, 1.54) is 16.7 Å². The molecule has 3 rings (SSSR count). The third-order valence-electron chi connectivity index (χ3n) is 4.00. The van der Waals surface area contributed by atoms with Gasteiger partial charge >= 0.3 is 0 Å². The zero-order chi connectivity index (χ0) is 14.9. The van der Waals surface area contributed by atoms with E-state index in [2.05, 4.69) is 56.3 Å². The highest BCUT2D eigenvalue weighted by Gasteiger charge is 2.31. The number of hydrogen-bond acceptors (Lipinski definition) is 2. The van der Waals surface area contributed by atoms with E-state index in [4.69, 9.17) is 10.5 Å². The maximum Gasteiger partial charge on any atom is 0.126 e. The van der Waals surface area contributed by atoms with Crippen LogP contribution >= 0.6 is 0 Å². The van der Waals surface area contributed by atoms with Crippen molar-refractivity contribution in [3.63, 3.8) is 0 Å². The maximum absolute atomic E-state index is 6.34. The SMILES string of the molecule is CC1(C)Cc2cccc(CC(N)Cc3ccccc3)c2O1. The molecule has 0 aromatic heterocycles. The van der Waals surface area contributed by atoms with Crippen molar-refractivity contribution in [2.24, 2.45) is 5.73 Å². The third kappa shape index (κ3) is 3.27. The van der Waals surface area contributed by atoms with Crippen molar-refractivity contribution in [1.82, 2.24) is 0 Å². The van der Waals surface area contributed by atoms with Gasteiger partial charge in [-0.3, -0.25) is 0 Å². The average molecular weight is 281 g/mol. The molecule has 0 spiro atoms. The fraction of sp³-hybridized carbons (Fsp3) is 0.368. The number of ether oxygens (including phenoxy) is 1. The van der Waals surface area contributed by atoms with Crippen LogP contribution in [0, 0.1) is 0 Å². The van der Waals surface area contributed by atoms with Crippen LogP contribution in [0.5, 0.6) is 5.75 Å². The van der Waals surface area contributed by atoms with Crippen molar-refractivity contribution in [3.8, 4) is 5.75 Å². The molecule has 2 heteroatoms. The molecule has 1 heterocycles. The maximum atomic E-state index is 6.34. The van der Waals surface area contributed by atoms with Crippen molar-refractivity contribution in [2.75, 3.05) is 0 Å². The van der Waals surface area contributed by atoms with Gasteiger partial charge < -0.3 is 10.5 Å². The topological polar surface area (TPSA) is 35.2 Å². The average Bonchev–Trinajstić information content (AvgIpc) is 2.75. The van der Waals surface area contributed by atoms with Crippen molar-refractivity contribution in [2.45, 2.75) is 44.8 Å². The summed E-state index contributed by atoms with van der Waals surface area (Å²) in [5.41, 5.74) is 10.1. The van der Waals surface area contributed by atoms with Crippen LogP contribution in [0.25, 0.3) is 0 Å². The Balaban J connectivity index is 1.73. The van der Waals surface area contributed by atoms with Gasteiger partial charge in [-0.1, -0.05) is 48.5 Å². The van der Waals surface area contributed by atoms with Crippen molar-refractivity contribution in [1.29, 1.82) is 0 Å². The number of rotatable bonds is 4. The minimum atomic E-state index is -0.0953. The van der Waals surface area contributed by atoms with E-state index >= 15 is 0 Å². The van der Waals surface area contributed by atoms with Gasteiger partial charge in [0, 0.05) is 12.5 Å². The predicted octanol–water partition coefficient (Wildman–Crippen LogP) is 3.51. The van der Waals surface area contributed by atoms with Gasteiger partial charge in [-0.05, 0) is 43.4 Å². The molecular formula is C19H23NO. The summed E-state index contributed by atoms with van der Waals surface area (Å²) in [7, 11) is 0. The zero-order valence-electron chi connectivity index (χ0n) is 12.8. The van der Waals surface area contributed by atoms with Crippen LogP contribution in [0.1, 0.15) is 30.5 Å². The van der Waals surface area contributed by atoms with Gasteiger partial charge in [0.2, 0.25) is 0 Å². The Morgan fingerprint density at radius 2 is 1.81 bits per heavy atom. The normalized spacial score (nSPS) is 17.1. The van der Waals surface area contributed by atoms with Gasteiger partial charge in [-0.25, -0.2) is 0 Å². The van der Waals surface area contributed by atoms with Gasteiger partial charge in [0.15, 0.2) is 0 Å². The first-order valence-corrected chi connectivity index (χ1v) is 7.63. The van der Waals surface area contributed by atoms with Gasteiger partial charge in [0.05, 0.1) is 0 Å². The van der Waals surface area contributed by atoms with Crippen LogP contribution in [0.3, 0.4) is 0 Å². The second-order valence-corrected chi connectivity index (χ2v) is 6.60. The van der Waals surface area contributed by atoms with E-state index in [9.17, 15) is 0 Å².